The maximum absolute atomic E-state index is 13.4. The number of hydrogen-bond donors (Lipinski definition) is 1. The van der Waals surface area contributed by atoms with E-state index < -0.39 is 11.2 Å². The number of amides is 1. The highest BCUT2D eigenvalue weighted by molar-refractivity contribution is 5.96. The molecule has 0 bridgehead atoms. The van der Waals surface area contributed by atoms with Crippen LogP contribution in [0.3, 0.4) is 0 Å². The van der Waals surface area contributed by atoms with Crippen molar-refractivity contribution < 1.29 is 4.79 Å². The van der Waals surface area contributed by atoms with E-state index in [1.807, 2.05) is 17.0 Å². The highest BCUT2D eigenvalue weighted by atomic mass is 16.2. The second kappa shape index (κ2) is 9.20. The quantitative estimate of drug-likeness (QED) is 0.473. The van der Waals surface area contributed by atoms with Gasteiger partial charge in [0.1, 0.15) is 5.65 Å². The summed E-state index contributed by atoms with van der Waals surface area (Å²) in [7, 11) is 0. The van der Waals surface area contributed by atoms with Gasteiger partial charge in [-0.2, -0.15) is 0 Å². The number of aromatic nitrogens is 3. The van der Waals surface area contributed by atoms with Crippen LogP contribution in [0.25, 0.3) is 11.0 Å². The lowest BCUT2D eigenvalue weighted by atomic mass is 9.96. The molecule has 1 amide bonds. The predicted molar refractivity (Wildman–Crippen MR) is 137 cm³/mol. The van der Waals surface area contributed by atoms with Gasteiger partial charge in [0.25, 0.3) is 11.5 Å². The molecule has 2 aromatic carbocycles. The van der Waals surface area contributed by atoms with Crippen molar-refractivity contribution in [3.05, 3.63) is 110 Å². The number of benzene rings is 2. The van der Waals surface area contributed by atoms with Crippen molar-refractivity contribution in [3.63, 3.8) is 0 Å². The summed E-state index contributed by atoms with van der Waals surface area (Å²) in [5.41, 5.74) is 2.22. The van der Waals surface area contributed by atoms with Crippen molar-refractivity contribution in [3.8, 4) is 0 Å². The van der Waals surface area contributed by atoms with Crippen molar-refractivity contribution in [2.45, 2.75) is 24.9 Å². The SMILES string of the molecule is O=C(c1cnc2c(c1)c(=O)[nH]c(=O)n2C1CC1)N1CCN(C(c2ccccc2)c2ccccc2)CC1. The molecule has 8 heteroatoms. The van der Waals surface area contributed by atoms with Crippen LogP contribution >= 0.6 is 0 Å². The zero-order valence-electron chi connectivity index (χ0n) is 19.8. The highest BCUT2D eigenvalue weighted by Gasteiger charge is 2.30. The van der Waals surface area contributed by atoms with Crippen molar-refractivity contribution in [1.82, 2.24) is 24.3 Å². The number of nitrogens with zero attached hydrogens (tertiary/aromatic N) is 4. The summed E-state index contributed by atoms with van der Waals surface area (Å²) in [5, 5.41) is 0.277. The number of fused-ring (bicyclic) bond motifs is 1. The van der Waals surface area contributed by atoms with E-state index in [-0.39, 0.29) is 23.4 Å². The molecule has 0 unspecified atom stereocenters. The average Bonchev–Trinajstić information content (AvgIpc) is 3.75. The Labute approximate surface area is 207 Å². The summed E-state index contributed by atoms with van der Waals surface area (Å²) in [6.45, 7) is 2.60. The largest absolute Gasteiger partial charge is 0.336 e. The summed E-state index contributed by atoms with van der Waals surface area (Å²) in [5.74, 6) is -0.149. The van der Waals surface area contributed by atoms with Gasteiger partial charge in [0, 0.05) is 38.4 Å². The maximum Gasteiger partial charge on any atom is 0.330 e. The van der Waals surface area contributed by atoms with E-state index in [9.17, 15) is 14.4 Å². The van der Waals surface area contributed by atoms with Gasteiger partial charge in [-0.25, -0.2) is 9.78 Å². The molecule has 1 saturated heterocycles. The lowest BCUT2D eigenvalue weighted by Crippen LogP contribution is -2.49. The lowest BCUT2D eigenvalue weighted by molar-refractivity contribution is 0.0597. The van der Waals surface area contributed by atoms with Gasteiger partial charge in [0.05, 0.1) is 17.0 Å². The minimum absolute atomic E-state index is 0.0705. The van der Waals surface area contributed by atoms with Crippen LogP contribution in [-0.2, 0) is 0 Å². The Morgan fingerprint density at radius 1 is 0.889 bits per heavy atom. The number of hydrogen-bond acceptors (Lipinski definition) is 5. The van der Waals surface area contributed by atoms with E-state index in [4.69, 9.17) is 0 Å². The predicted octanol–water partition coefficient (Wildman–Crippen LogP) is 2.97. The van der Waals surface area contributed by atoms with Gasteiger partial charge in [0.15, 0.2) is 0 Å². The highest BCUT2D eigenvalue weighted by Crippen LogP contribution is 2.35. The average molecular weight is 482 g/mol. The minimum atomic E-state index is -0.507. The third-order valence-electron chi connectivity index (χ3n) is 7.13. The van der Waals surface area contributed by atoms with Crippen LogP contribution in [0.1, 0.15) is 46.4 Å². The molecule has 0 radical (unpaired) electrons. The first-order valence-electron chi connectivity index (χ1n) is 12.4. The Morgan fingerprint density at radius 3 is 2.08 bits per heavy atom. The van der Waals surface area contributed by atoms with E-state index in [0.717, 1.165) is 25.9 Å². The van der Waals surface area contributed by atoms with E-state index in [0.29, 0.717) is 24.3 Å². The van der Waals surface area contributed by atoms with Gasteiger partial charge >= 0.3 is 5.69 Å². The van der Waals surface area contributed by atoms with Crippen molar-refractivity contribution >= 4 is 16.9 Å². The Kier molecular flexibility index (Phi) is 5.73. The lowest BCUT2D eigenvalue weighted by Gasteiger charge is -2.39. The van der Waals surface area contributed by atoms with Crippen molar-refractivity contribution in [2.75, 3.05) is 26.2 Å². The first kappa shape index (κ1) is 22.4. The van der Waals surface area contributed by atoms with Crippen molar-refractivity contribution in [1.29, 1.82) is 0 Å². The summed E-state index contributed by atoms with van der Waals surface area (Å²) in [4.78, 5) is 49.1. The molecule has 0 spiro atoms. The molecule has 2 aromatic heterocycles. The number of rotatable bonds is 5. The molecule has 6 rings (SSSR count). The van der Waals surface area contributed by atoms with Crippen LogP contribution in [0.15, 0.2) is 82.5 Å². The molecule has 8 nitrogen and oxygen atoms in total. The molecule has 36 heavy (non-hydrogen) atoms. The van der Waals surface area contributed by atoms with Crippen LogP contribution < -0.4 is 11.2 Å². The number of carbonyl (C=O) groups is 1. The van der Waals surface area contributed by atoms with Gasteiger partial charge in [-0.15, -0.1) is 0 Å². The first-order chi connectivity index (χ1) is 17.6. The van der Waals surface area contributed by atoms with Gasteiger partial charge in [0.2, 0.25) is 0 Å². The van der Waals surface area contributed by atoms with Crippen LogP contribution in [0.2, 0.25) is 0 Å². The number of nitrogens with one attached hydrogen (secondary N) is 1. The summed E-state index contributed by atoms with van der Waals surface area (Å²) in [6, 6.07) is 22.6. The molecule has 2 aliphatic rings. The van der Waals surface area contributed by atoms with Gasteiger partial charge in [-0.1, -0.05) is 60.7 Å². The first-order valence-corrected chi connectivity index (χ1v) is 12.4. The Morgan fingerprint density at radius 2 is 1.50 bits per heavy atom. The molecular weight excluding hydrogens is 454 g/mol. The minimum Gasteiger partial charge on any atom is -0.336 e. The fourth-order valence-corrected chi connectivity index (χ4v) is 5.18. The van der Waals surface area contributed by atoms with Crippen LogP contribution in [-0.4, -0.2) is 56.4 Å². The monoisotopic (exact) mass is 481 g/mol. The van der Waals surface area contributed by atoms with E-state index in [2.05, 4.69) is 63.4 Å². The summed E-state index contributed by atoms with van der Waals surface area (Å²) < 4.78 is 1.54. The van der Waals surface area contributed by atoms with Crippen LogP contribution in [0.4, 0.5) is 0 Å². The molecule has 0 atom stereocenters. The molecule has 182 valence electrons. The second-order valence-electron chi connectivity index (χ2n) is 9.51. The molecule has 2 fully saturated rings. The van der Waals surface area contributed by atoms with Gasteiger partial charge in [-0.3, -0.25) is 24.0 Å². The fourth-order valence-electron chi connectivity index (χ4n) is 5.18. The standard InChI is InChI=1S/C28H27N5O3/c34-26-23-17-21(18-29-25(23)33(22-11-12-22)28(36)30-26)27(35)32-15-13-31(14-16-32)24(19-7-3-1-4-8-19)20-9-5-2-6-10-20/h1-10,17-18,22,24H,11-16H2,(H,30,34,36). The molecule has 3 heterocycles. The number of aromatic amines is 1. The Balaban J connectivity index is 1.23. The van der Waals surface area contributed by atoms with Crippen molar-refractivity contribution in [2.24, 2.45) is 0 Å². The third kappa shape index (κ3) is 4.13. The topological polar surface area (TPSA) is 91.3 Å². The van der Waals surface area contributed by atoms with E-state index >= 15 is 0 Å². The second-order valence-corrected chi connectivity index (χ2v) is 9.51. The molecule has 4 aromatic rings. The zero-order chi connectivity index (χ0) is 24.6. The molecule has 1 aliphatic carbocycles. The summed E-state index contributed by atoms with van der Waals surface area (Å²) >= 11 is 0. The maximum atomic E-state index is 13.4. The molecule has 1 N–H and O–H groups in total. The smallest absolute Gasteiger partial charge is 0.330 e. The van der Waals surface area contributed by atoms with Gasteiger partial charge < -0.3 is 4.90 Å². The molecular formula is C28H27N5O3. The fraction of sp³-hybridized carbons (Fsp3) is 0.286. The van der Waals surface area contributed by atoms with Crippen LogP contribution in [0, 0.1) is 0 Å². The number of piperazine rings is 1. The number of pyridine rings is 1. The van der Waals surface area contributed by atoms with Gasteiger partial charge in [-0.05, 0) is 30.0 Å². The zero-order valence-corrected chi connectivity index (χ0v) is 19.8. The molecule has 1 aliphatic heterocycles. The third-order valence-corrected chi connectivity index (χ3v) is 7.13. The van der Waals surface area contributed by atoms with Crippen LogP contribution in [0.5, 0.6) is 0 Å². The normalized spacial score (nSPS) is 16.5. The molecule has 1 saturated carbocycles. The number of carbonyl (C=O) groups excluding carboxylic acids is 1. The summed E-state index contributed by atoms with van der Waals surface area (Å²) in [6.07, 6.45) is 3.27. The van der Waals surface area contributed by atoms with E-state index in [1.54, 1.807) is 6.07 Å². The van der Waals surface area contributed by atoms with E-state index in [1.165, 1.54) is 21.9 Å². The Hall–Kier alpha value is -4.04. The Bertz CT molecular complexity index is 1480. The number of H-pyrrole nitrogens is 1.